The molecule has 31 heavy (non-hydrogen) atoms. The number of benzene rings is 3. The highest BCUT2D eigenvalue weighted by Crippen LogP contribution is 2.25. The molecular weight excluding hydrogens is 426 g/mol. The zero-order chi connectivity index (χ0) is 22.6. The zero-order valence-corrected chi connectivity index (χ0v) is 17.6. The van der Waals surface area contributed by atoms with Crippen LogP contribution in [-0.2, 0) is 14.8 Å². The van der Waals surface area contributed by atoms with E-state index in [1.54, 1.807) is 12.1 Å². The molecule has 0 saturated carbocycles. The molecule has 162 valence electrons. The molecule has 0 fully saturated rings. The number of amides is 1. The van der Waals surface area contributed by atoms with E-state index >= 15 is 0 Å². The van der Waals surface area contributed by atoms with Crippen LogP contribution in [0.5, 0.6) is 5.75 Å². The lowest BCUT2D eigenvalue weighted by atomic mass is 10.2. The van der Waals surface area contributed by atoms with E-state index in [4.69, 9.17) is 4.74 Å². The van der Waals surface area contributed by atoms with Gasteiger partial charge in [0.25, 0.3) is 15.9 Å². The third-order valence-corrected chi connectivity index (χ3v) is 6.28. The van der Waals surface area contributed by atoms with Gasteiger partial charge in [-0.1, -0.05) is 23.8 Å². The lowest BCUT2D eigenvalue weighted by molar-refractivity contribution is -0.118. The van der Waals surface area contributed by atoms with Gasteiger partial charge >= 0.3 is 0 Å². The van der Waals surface area contributed by atoms with Crippen molar-refractivity contribution < 1.29 is 26.7 Å². The minimum Gasteiger partial charge on any atom is -0.484 e. The van der Waals surface area contributed by atoms with E-state index in [1.165, 1.54) is 49.5 Å². The van der Waals surface area contributed by atoms with Gasteiger partial charge in [0.05, 0.1) is 10.6 Å². The molecule has 0 aromatic heterocycles. The number of ether oxygens (including phenoxy) is 1. The second kappa shape index (κ2) is 9.13. The Labute approximate surface area is 179 Å². The molecule has 0 bridgehead atoms. The predicted octanol–water partition coefficient (Wildman–Crippen LogP) is 4.12. The van der Waals surface area contributed by atoms with Gasteiger partial charge in [0.15, 0.2) is 6.61 Å². The highest BCUT2D eigenvalue weighted by molar-refractivity contribution is 7.92. The number of sulfonamides is 1. The van der Waals surface area contributed by atoms with Crippen molar-refractivity contribution >= 4 is 27.3 Å². The first-order valence-corrected chi connectivity index (χ1v) is 10.6. The molecule has 0 saturated heterocycles. The summed E-state index contributed by atoms with van der Waals surface area (Å²) in [7, 11) is -2.30. The average molecular weight is 446 g/mol. The summed E-state index contributed by atoms with van der Waals surface area (Å²) in [6.45, 7) is 1.39. The van der Waals surface area contributed by atoms with Gasteiger partial charge in [0, 0.05) is 7.05 Å². The van der Waals surface area contributed by atoms with Crippen LogP contribution in [0.25, 0.3) is 0 Å². The fraction of sp³-hybridized carbons (Fsp3) is 0.136. The molecule has 0 aliphatic carbocycles. The van der Waals surface area contributed by atoms with Gasteiger partial charge in [-0.05, 0) is 55.5 Å². The Morgan fingerprint density at radius 3 is 2.13 bits per heavy atom. The molecule has 0 spiro atoms. The Hall–Kier alpha value is -3.46. The first-order valence-electron chi connectivity index (χ1n) is 9.21. The molecule has 0 aliphatic rings. The first kappa shape index (κ1) is 22.2. The van der Waals surface area contributed by atoms with Crippen molar-refractivity contribution in [2.45, 2.75) is 11.8 Å². The van der Waals surface area contributed by atoms with E-state index in [2.05, 4.69) is 5.32 Å². The number of para-hydroxylation sites is 1. The maximum atomic E-state index is 13.6. The number of carbonyl (C=O) groups excluding carboxylic acids is 1. The van der Waals surface area contributed by atoms with Crippen LogP contribution < -0.4 is 14.4 Å². The third kappa shape index (κ3) is 5.18. The van der Waals surface area contributed by atoms with Gasteiger partial charge < -0.3 is 10.1 Å². The number of hydrogen-bond acceptors (Lipinski definition) is 4. The Balaban J connectivity index is 1.63. The summed E-state index contributed by atoms with van der Waals surface area (Å²) < 4.78 is 59.1. The molecule has 0 atom stereocenters. The number of carbonyl (C=O) groups is 1. The highest BCUT2D eigenvalue weighted by Gasteiger charge is 2.21. The van der Waals surface area contributed by atoms with Crippen molar-refractivity contribution in [3.8, 4) is 5.75 Å². The minimum absolute atomic E-state index is 0.165. The maximum Gasteiger partial charge on any atom is 0.264 e. The monoisotopic (exact) mass is 446 g/mol. The van der Waals surface area contributed by atoms with Gasteiger partial charge in [-0.3, -0.25) is 9.10 Å². The fourth-order valence-corrected chi connectivity index (χ4v) is 3.90. The van der Waals surface area contributed by atoms with Crippen LogP contribution in [0.3, 0.4) is 0 Å². The van der Waals surface area contributed by atoms with E-state index in [-0.39, 0.29) is 10.6 Å². The quantitative estimate of drug-likeness (QED) is 0.593. The van der Waals surface area contributed by atoms with Crippen LogP contribution in [0.15, 0.2) is 71.6 Å². The maximum absolute atomic E-state index is 13.6. The Kier molecular flexibility index (Phi) is 6.55. The molecule has 0 aliphatic heterocycles. The molecule has 3 rings (SSSR count). The number of nitrogens with one attached hydrogen (secondary N) is 1. The molecule has 0 radical (unpaired) electrons. The normalized spacial score (nSPS) is 11.1. The fourth-order valence-electron chi connectivity index (χ4n) is 2.70. The van der Waals surface area contributed by atoms with E-state index < -0.39 is 39.9 Å². The van der Waals surface area contributed by atoms with E-state index in [9.17, 15) is 22.0 Å². The first-order chi connectivity index (χ1) is 14.7. The zero-order valence-electron chi connectivity index (χ0n) is 16.8. The summed E-state index contributed by atoms with van der Waals surface area (Å²) >= 11 is 0. The summed E-state index contributed by atoms with van der Waals surface area (Å²) in [6, 6.07) is 15.8. The number of aryl methyl sites for hydroxylation is 1. The second-order valence-electron chi connectivity index (χ2n) is 6.71. The SMILES string of the molecule is Cc1ccc(S(=O)(=O)N(C)c2ccc(OCC(=O)Nc3c(F)cccc3F)cc2)cc1. The van der Waals surface area contributed by atoms with Crippen LogP contribution in [0.4, 0.5) is 20.2 Å². The van der Waals surface area contributed by atoms with Crippen molar-refractivity contribution in [2.75, 3.05) is 23.3 Å². The van der Waals surface area contributed by atoms with E-state index in [0.717, 1.165) is 22.0 Å². The van der Waals surface area contributed by atoms with Crippen molar-refractivity contribution in [1.82, 2.24) is 0 Å². The number of anilines is 2. The van der Waals surface area contributed by atoms with Crippen LogP contribution in [-0.4, -0.2) is 28.0 Å². The van der Waals surface area contributed by atoms with Gasteiger partial charge in [-0.15, -0.1) is 0 Å². The molecule has 0 unspecified atom stereocenters. The van der Waals surface area contributed by atoms with Gasteiger partial charge in [-0.25, -0.2) is 17.2 Å². The van der Waals surface area contributed by atoms with Gasteiger partial charge in [-0.2, -0.15) is 0 Å². The summed E-state index contributed by atoms with van der Waals surface area (Å²) in [5.41, 5.74) is 0.796. The van der Waals surface area contributed by atoms with Crippen LogP contribution in [0.1, 0.15) is 5.56 Å². The standard InChI is InChI=1S/C22H20F2N2O4S/c1-15-6-12-18(13-7-15)31(28,29)26(2)16-8-10-17(11-9-16)30-14-21(27)25-22-19(23)4-3-5-20(22)24/h3-13H,14H2,1-2H3,(H,25,27). The van der Waals surface area contributed by atoms with E-state index in [1.807, 2.05) is 6.92 Å². The largest absolute Gasteiger partial charge is 0.484 e. The smallest absolute Gasteiger partial charge is 0.264 e. The Morgan fingerprint density at radius 1 is 0.968 bits per heavy atom. The summed E-state index contributed by atoms with van der Waals surface area (Å²) in [4.78, 5) is 12.1. The molecular formula is C22H20F2N2O4S. The van der Waals surface area contributed by atoms with E-state index in [0.29, 0.717) is 5.69 Å². The lowest BCUT2D eigenvalue weighted by Gasteiger charge is -2.20. The predicted molar refractivity (Wildman–Crippen MR) is 114 cm³/mol. The molecule has 0 heterocycles. The third-order valence-electron chi connectivity index (χ3n) is 4.48. The topological polar surface area (TPSA) is 75.7 Å². The highest BCUT2D eigenvalue weighted by atomic mass is 32.2. The number of rotatable bonds is 7. The van der Waals surface area contributed by atoms with Gasteiger partial charge in [0.1, 0.15) is 23.1 Å². The van der Waals surface area contributed by atoms with Crippen molar-refractivity contribution in [2.24, 2.45) is 0 Å². The van der Waals surface area contributed by atoms with Gasteiger partial charge in [0.2, 0.25) is 0 Å². The molecule has 3 aromatic rings. The average Bonchev–Trinajstić information content (AvgIpc) is 2.75. The summed E-state index contributed by atoms with van der Waals surface area (Å²) in [5, 5.41) is 2.12. The minimum atomic E-state index is -3.73. The number of hydrogen-bond donors (Lipinski definition) is 1. The van der Waals surface area contributed by atoms with Crippen LogP contribution >= 0.6 is 0 Å². The van der Waals surface area contributed by atoms with Crippen LogP contribution in [0.2, 0.25) is 0 Å². The summed E-state index contributed by atoms with van der Waals surface area (Å²) in [5.74, 6) is -2.24. The van der Waals surface area contributed by atoms with Crippen LogP contribution in [0, 0.1) is 18.6 Å². The number of halogens is 2. The molecule has 1 amide bonds. The van der Waals surface area contributed by atoms with Crippen molar-refractivity contribution in [3.05, 3.63) is 83.9 Å². The Bertz CT molecular complexity index is 1160. The molecule has 1 N–H and O–H groups in total. The lowest BCUT2D eigenvalue weighted by Crippen LogP contribution is -2.26. The molecule has 6 nitrogen and oxygen atoms in total. The second-order valence-corrected chi connectivity index (χ2v) is 8.68. The Morgan fingerprint density at radius 2 is 1.55 bits per heavy atom. The molecule has 3 aromatic carbocycles. The summed E-state index contributed by atoms with van der Waals surface area (Å²) in [6.07, 6.45) is 0. The number of nitrogens with zero attached hydrogens (tertiary/aromatic N) is 1. The molecule has 9 heteroatoms. The van der Waals surface area contributed by atoms with Crippen molar-refractivity contribution in [3.63, 3.8) is 0 Å². The van der Waals surface area contributed by atoms with Crippen molar-refractivity contribution in [1.29, 1.82) is 0 Å².